The first-order valence-corrected chi connectivity index (χ1v) is 6.27. The van der Waals surface area contributed by atoms with Crippen LogP contribution in [0, 0.1) is 6.92 Å². The van der Waals surface area contributed by atoms with Crippen molar-refractivity contribution in [1.82, 2.24) is 10.1 Å². The summed E-state index contributed by atoms with van der Waals surface area (Å²) in [5, 5.41) is 3.96. The van der Waals surface area contributed by atoms with Crippen LogP contribution in [0.3, 0.4) is 0 Å². The highest BCUT2D eigenvalue weighted by atomic mass is 16.5. The summed E-state index contributed by atoms with van der Waals surface area (Å²) in [6.45, 7) is 4.09. The first-order valence-electron chi connectivity index (χ1n) is 6.27. The number of ether oxygens (including phenoxy) is 2. The van der Waals surface area contributed by atoms with E-state index in [0.29, 0.717) is 11.5 Å². The van der Waals surface area contributed by atoms with Crippen LogP contribution in [-0.4, -0.2) is 23.2 Å². The Balaban J connectivity index is 2.19. The Labute approximate surface area is 116 Å². The highest BCUT2D eigenvalue weighted by Crippen LogP contribution is 2.20. The molecule has 0 aromatic carbocycles. The Morgan fingerprint density at radius 3 is 2.95 bits per heavy atom. The van der Waals surface area contributed by atoms with Crippen LogP contribution in [0.25, 0.3) is 0 Å². The second-order valence-electron chi connectivity index (χ2n) is 4.15. The molecule has 0 aliphatic heterocycles. The maximum absolute atomic E-state index is 11.6. The van der Waals surface area contributed by atoms with Crippen molar-refractivity contribution in [3.05, 3.63) is 41.0 Å². The summed E-state index contributed by atoms with van der Waals surface area (Å²) in [6, 6.07) is 3.37. The minimum atomic E-state index is -0.529. The van der Waals surface area contributed by atoms with Crippen molar-refractivity contribution in [2.75, 3.05) is 7.11 Å². The predicted octanol–water partition coefficient (Wildman–Crippen LogP) is 2.31. The van der Waals surface area contributed by atoms with Crippen LogP contribution in [-0.2, 0) is 17.8 Å². The molecule has 0 N–H and O–H groups in total. The molecule has 0 bridgehead atoms. The maximum atomic E-state index is 11.6. The van der Waals surface area contributed by atoms with Gasteiger partial charge in [-0.2, -0.15) is 0 Å². The van der Waals surface area contributed by atoms with Crippen LogP contribution >= 0.6 is 0 Å². The molecule has 0 atom stereocenters. The van der Waals surface area contributed by atoms with E-state index >= 15 is 0 Å². The summed E-state index contributed by atoms with van der Waals surface area (Å²) < 4.78 is 15.5. The average molecular weight is 276 g/mol. The maximum Gasteiger partial charge on any atom is 0.360 e. The van der Waals surface area contributed by atoms with E-state index in [9.17, 15) is 4.79 Å². The van der Waals surface area contributed by atoms with Gasteiger partial charge in [0.2, 0.25) is 0 Å². The molecule has 0 aliphatic rings. The summed E-state index contributed by atoms with van der Waals surface area (Å²) in [5.41, 5.74) is 1.90. The molecular weight excluding hydrogens is 260 g/mol. The first-order chi connectivity index (χ1) is 9.67. The molecule has 2 rings (SSSR count). The van der Waals surface area contributed by atoms with Crippen LogP contribution in [0.2, 0.25) is 0 Å². The molecule has 0 unspecified atom stereocenters. The number of hydrogen-bond donors (Lipinski definition) is 0. The number of pyridine rings is 1. The van der Waals surface area contributed by atoms with Gasteiger partial charge in [-0.1, -0.05) is 12.1 Å². The lowest BCUT2D eigenvalue weighted by Gasteiger charge is -2.09. The van der Waals surface area contributed by atoms with Crippen molar-refractivity contribution in [3.8, 4) is 5.75 Å². The van der Waals surface area contributed by atoms with Crippen LogP contribution < -0.4 is 4.74 Å². The molecule has 20 heavy (non-hydrogen) atoms. The zero-order valence-electron chi connectivity index (χ0n) is 11.7. The summed E-state index contributed by atoms with van der Waals surface area (Å²) >= 11 is 0. The third kappa shape index (κ3) is 2.79. The first kappa shape index (κ1) is 14.0. The van der Waals surface area contributed by atoms with Gasteiger partial charge in [0.1, 0.15) is 12.4 Å². The van der Waals surface area contributed by atoms with Crippen LogP contribution in [0.1, 0.15) is 34.4 Å². The van der Waals surface area contributed by atoms with Gasteiger partial charge in [-0.05, 0) is 25.5 Å². The van der Waals surface area contributed by atoms with Crippen molar-refractivity contribution < 1.29 is 18.8 Å². The van der Waals surface area contributed by atoms with Crippen LogP contribution in [0.4, 0.5) is 0 Å². The van der Waals surface area contributed by atoms with Gasteiger partial charge in [-0.3, -0.25) is 0 Å². The summed E-state index contributed by atoms with van der Waals surface area (Å²) in [4.78, 5) is 15.6. The molecule has 6 nitrogen and oxygen atoms in total. The zero-order chi connectivity index (χ0) is 14.5. The van der Waals surface area contributed by atoms with Gasteiger partial charge in [-0.25, -0.2) is 9.78 Å². The van der Waals surface area contributed by atoms with Crippen molar-refractivity contribution in [3.63, 3.8) is 0 Å². The van der Waals surface area contributed by atoms with Gasteiger partial charge in [0.25, 0.3) is 0 Å². The van der Waals surface area contributed by atoms with Crippen LogP contribution in [0.5, 0.6) is 5.75 Å². The molecular formula is C14H16N2O4. The number of aryl methyl sites for hydroxylation is 2. The molecule has 2 aromatic heterocycles. The Bertz CT molecular complexity index is 607. The second kappa shape index (κ2) is 6.18. The summed E-state index contributed by atoms with van der Waals surface area (Å²) in [7, 11) is 1.31. The number of hydrogen-bond acceptors (Lipinski definition) is 6. The third-order valence-corrected chi connectivity index (χ3v) is 2.92. The van der Waals surface area contributed by atoms with Gasteiger partial charge in [-0.15, -0.1) is 0 Å². The van der Waals surface area contributed by atoms with E-state index in [0.717, 1.165) is 17.7 Å². The molecule has 6 heteroatoms. The fraction of sp³-hybridized carbons (Fsp3) is 0.357. The Morgan fingerprint density at radius 1 is 1.45 bits per heavy atom. The SMILES string of the molecule is CCc1noc(C)c1COc1cccnc1C(=O)OC. The topological polar surface area (TPSA) is 74.5 Å². The molecule has 0 amide bonds. The van der Waals surface area contributed by atoms with Crippen molar-refractivity contribution >= 4 is 5.97 Å². The fourth-order valence-corrected chi connectivity index (χ4v) is 1.81. The average Bonchev–Trinajstić information content (AvgIpc) is 2.85. The molecule has 0 radical (unpaired) electrons. The lowest BCUT2D eigenvalue weighted by atomic mass is 10.2. The second-order valence-corrected chi connectivity index (χ2v) is 4.15. The number of rotatable bonds is 5. The zero-order valence-corrected chi connectivity index (χ0v) is 11.7. The smallest absolute Gasteiger partial charge is 0.360 e. The van der Waals surface area contributed by atoms with Crippen molar-refractivity contribution in [1.29, 1.82) is 0 Å². The number of carbonyl (C=O) groups excluding carboxylic acids is 1. The molecule has 106 valence electrons. The van der Waals surface area contributed by atoms with Crippen molar-refractivity contribution in [2.24, 2.45) is 0 Å². The van der Waals surface area contributed by atoms with E-state index in [-0.39, 0.29) is 12.3 Å². The molecule has 0 spiro atoms. The van der Waals surface area contributed by atoms with Gasteiger partial charge in [0.15, 0.2) is 11.4 Å². The number of carbonyl (C=O) groups is 1. The molecule has 0 saturated heterocycles. The van der Waals surface area contributed by atoms with Gasteiger partial charge in [0.05, 0.1) is 18.4 Å². The third-order valence-electron chi connectivity index (χ3n) is 2.92. The molecule has 0 saturated carbocycles. The number of methoxy groups -OCH3 is 1. The van der Waals surface area contributed by atoms with E-state index in [1.807, 2.05) is 13.8 Å². The normalized spacial score (nSPS) is 10.3. The number of esters is 1. The molecule has 0 fully saturated rings. The standard InChI is InChI=1S/C14H16N2O4/c1-4-11-10(9(2)20-16-11)8-19-12-6-5-7-15-13(12)14(17)18-3/h5-7H,4,8H2,1-3H3. The minimum Gasteiger partial charge on any atom is -0.486 e. The van der Waals surface area contributed by atoms with E-state index < -0.39 is 5.97 Å². The monoisotopic (exact) mass is 276 g/mol. The highest BCUT2D eigenvalue weighted by Gasteiger charge is 2.16. The van der Waals surface area contributed by atoms with E-state index in [1.165, 1.54) is 13.3 Å². The minimum absolute atomic E-state index is 0.155. The summed E-state index contributed by atoms with van der Waals surface area (Å²) in [6.07, 6.45) is 2.27. The van der Waals surface area contributed by atoms with E-state index in [4.69, 9.17) is 9.26 Å². The van der Waals surface area contributed by atoms with Crippen molar-refractivity contribution in [2.45, 2.75) is 26.9 Å². The van der Waals surface area contributed by atoms with Gasteiger partial charge in [0, 0.05) is 6.20 Å². The molecule has 0 aliphatic carbocycles. The number of aromatic nitrogens is 2. The Kier molecular flexibility index (Phi) is 4.34. The molecule has 2 heterocycles. The quantitative estimate of drug-likeness (QED) is 0.780. The largest absolute Gasteiger partial charge is 0.486 e. The van der Waals surface area contributed by atoms with E-state index in [2.05, 4.69) is 14.9 Å². The van der Waals surface area contributed by atoms with Gasteiger partial charge < -0.3 is 14.0 Å². The van der Waals surface area contributed by atoms with Gasteiger partial charge >= 0.3 is 5.97 Å². The lowest BCUT2D eigenvalue weighted by molar-refractivity contribution is 0.0588. The lowest BCUT2D eigenvalue weighted by Crippen LogP contribution is -2.08. The Morgan fingerprint density at radius 2 is 2.25 bits per heavy atom. The van der Waals surface area contributed by atoms with Crippen LogP contribution in [0.15, 0.2) is 22.9 Å². The fourth-order valence-electron chi connectivity index (χ4n) is 1.81. The molecule has 2 aromatic rings. The number of nitrogens with zero attached hydrogens (tertiary/aromatic N) is 2. The van der Waals surface area contributed by atoms with E-state index in [1.54, 1.807) is 12.1 Å². The summed E-state index contributed by atoms with van der Waals surface area (Å²) in [5.74, 6) is 0.561. The predicted molar refractivity (Wildman–Crippen MR) is 70.5 cm³/mol. The Hall–Kier alpha value is -2.37. The highest BCUT2D eigenvalue weighted by molar-refractivity contribution is 5.90.